The third kappa shape index (κ3) is 6.42. The van der Waals surface area contributed by atoms with Gasteiger partial charge in [-0.25, -0.2) is 0 Å². The molecule has 0 unspecified atom stereocenters. The normalized spacial score (nSPS) is 11.4. The zero-order chi connectivity index (χ0) is 8.85. The van der Waals surface area contributed by atoms with Crippen molar-refractivity contribution in [2.45, 2.75) is 20.0 Å². The molecule has 6 nitrogen and oxygen atoms in total. The number of guanidine groups is 2. The monoisotopic (exact) mass is 159 g/mol. The zero-order valence-corrected chi connectivity index (χ0v) is 6.61. The molecule has 11 heavy (non-hydrogen) atoms. The van der Waals surface area contributed by atoms with Crippen LogP contribution in [0.2, 0.25) is 0 Å². The van der Waals surface area contributed by atoms with Gasteiger partial charge in [-0.3, -0.25) is 0 Å². The maximum Gasteiger partial charge on any atom is 0.260 e. The van der Waals surface area contributed by atoms with E-state index in [2.05, 4.69) is 10.1 Å². The predicted molar refractivity (Wildman–Crippen MR) is 43.7 cm³/mol. The standard InChI is InChI=1S/C5H13N5O/c1-3(2)11-10-5(8)9-4(6)7/h3H,1-2H3,(H6,6,7,8,9,10). The van der Waals surface area contributed by atoms with E-state index < -0.39 is 0 Å². The van der Waals surface area contributed by atoms with E-state index in [0.29, 0.717) is 0 Å². The van der Waals surface area contributed by atoms with Crippen LogP contribution in [0.15, 0.2) is 10.1 Å². The minimum absolute atomic E-state index is 0.0391. The Morgan fingerprint density at radius 2 is 1.82 bits per heavy atom. The van der Waals surface area contributed by atoms with Crippen molar-refractivity contribution in [3.8, 4) is 0 Å². The molecule has 64 valence electrons. The molecule has 6 N–H and O–H groups in total. The van der Waals surface area contributed by atoms with Crippen LogP contribution in [0.5, 0.6) is 0 Å². The first-order chi connectivity index (χ1) is 5.02. The molecule has 0 heterocycles. The molecule has 0 fully saturated rings. The third-order valence-electron chi connectivity index (χ3n) is 0.601. The van der Waals surface area contributed by atoms with Gasteiger partial charge in [0, 0.05) is 0 Å². The van der Waals surface area contributed by atoms with Gasteiger partial charge in [0.2, 0.25) is 0 Å². The second-order valence-corrected chi connectivity index (χ2v) is 2.14. The Balaban J connectivity index is 3.92. The highest BCUT2D eigenvalue weighted by Gasteiger charge is 1.92. The summed E-state index contributed by atoms with van der Waals surface area (Å²) in [6.07, 6.45) is -0.0391. The molecule has 0 rings (SSSR count). The Bertz CT molecular complexity index is 170. The lowest BCUT2D eigenvalue weighted by molar-refractivity contribution is 0.0854. The van der Waals surface area contributed by atoms with Crippen LogP contribution in [-0.2, 0) is 4.84 Å². The summed E-state index contributed by atoms with van der Waals surface area (Å²) in [4.78, 5) is 8.17. The van der Waals surface area contributed by atoms with Crippen LogP contribution in [0.25, 0.3) is 0 Å². The summed E-state index contributed by atoms with van der Waals surface area (Å²) >= 11 is 0. The number of hydrogen-bond acceptors (Lipinski definition) is 2. The van der Waals surface area contributed by atoms with Gasteiger partial charge in [0.15, 0.2) is 5.96 Å². The number of hydrogen-bond donors (Lipinski definition) is 3. The topological polar surface area (TPSA) is 112 Å². The van der Waals surface area contributed by atoms with Crippen molar-refractivity contribution < 1.29 is 4.84 Å². The summed E-state index contributed by atoms with van der Waals surface area (Å²) in [5.74, 6) is -0.225. The van der Waals surface area contributed by atoms with Crippen LogP contribution < -0.4 is 17.2 Å². The van der Waals surface area contributed by atoms with Gasteiger partial charge in [0.1, 0.15) is 6.10 Å². The SMILES string of the molecule is CC(C)O/N=C(\N)N=C(N)N. The molecule has 0 aliphatic heterocycles. The largest absolute Gasteiger partial charge is 0.390 e. The zero-order valence-electron chi connectivity index (χ0n) is 6.61. The maximum absolute atomic E-state index is 5.20. The van der Waals surface area contributed by atoms with Crippen molar-refractivity contribution in [2.24, 2.45) is 27.3 Å². The van der Waals surface area contributed by atoms with Crippen LogP contribution in [0, 0.1) is 0 Å². The lowest BCUT2D eigenvalue weighted by Crippen LogP contribution is -2.26. The fourth-order valence-corrected chi connectivity index (χ4v) is 0.312. The highest BCUT2D eigenvalue weighted by atomic mass is 16.6. The average Bonchev–Trinajstić information content (AvgIpc) is 1.82. The number of aliphatic imine (C=N–C) groups is 1. The van der Waals surface area contributed by atoms with E-state index in [4.69, 9.17) is 22.0 Å². The van der Waals surface area contributed by atoms with E-state index in [1.165, 1.54) is 0 Å². The van der Waals surface area contributed by atoms with Gasteiger partial charge in [-0.1, -0.05) is 0 Å². The van der Waals surface area contributed by atoms with E-state index >= 15 is 0 Å². The van der Waals surface area contributed by atoms with Crippen LogP contribution in [0.4, 0.5) is 0 Å². The Morgan fingerprint density at radius 1 is 1.27 bits per heavy atom. The summed E-state index contributed by atoms with van der Waals surface area (Å²) in [6.45, 7) is 3.62. The summed E-state index contributed by atoms with van der Waals surface area (Å²) in [5, 5.41) is 3.41. The van der Waals surface area contributed by atoms with Crippen molar-refractivity contribution in [1.82, 2.24) is 0 Å². The molecular weight excluding hydrogens is 146 g/mol. The molecule has 0 aromatic carbocycles. The van der Waals surface area contributed by atoms with Crippen molar-refractivity contribution >= 4 is 11.9 Å². The molecule has 6 heteroatoms. The fraction of sp³-hybridized carbons (Fsp3) is 0.600. The van der Waals surface area contributed by atoms with Crippen molar-refractivity contribution in [2.75, 3.05) is 0 Å². The van der Waals surface area contributed by atoms with Crippen molar-refractivity contribution in [3.63, 3.8) is 0 Å². The van der Waals surface area contributed by atoms with Gasteiger partial charge in [0.25, 0.3) is 5.96 Å². The first-order valence-corrected chi connectivity index (χ1v) is 3.11. The molecule has 0 saturated heterocycles. The van der Waals surface area contributed by atoms with Gasteiger partial charge in [-0.2, -0.15) is 4.99 Å². The minimum Gasteiger partial charge on any atom is -0.390 e. The molecule has 0 spiro atoms. The van der Waals surface area contributed by atoms with Crippen molar-refractivity contribution in [3.05, 3.63) is 0 Å². The first kappa shape index (κ1) is 9.54. The average molecular weight is 159 g/mol. The summed E-state index contributed by atoms with van der Waals surface area (Å²) in [5.41, 5.74) is 15.2. The molecule has 0 atom stereocenters. The molecule has 0 saturated carbocycles. The fourth-order valence-electron chi connectivity index (χ4n) is 0.312. The van der Waals surface area contributed by atoms with Crippen LogP contribution in [0.1, 0.15) is 13.8 Å². The number of rotatable bonds is 2. The number of nitrogens with zero attached hydrogens (tertiary/aromatic N) is 2. The van der Waals surface area contributed by atoms with Gasteiger partial charge >= 0.3 is 0 Å². The molecule has 0 amide bonds. The summed E-state index contributed by atoms with van der Waals surface area (Å²) in [6, 6.07) is 0. The molecule has 0 aliphatic rings. The van der Waals surface area contributed by atoms with Crippen LogP contribution in [-0.4, -0.2) is 18.0 Å². The highest BCUT2D eigenvalue weighted by Crippen LogP contribution is 1.87. The molecule has 0 aromatic heterocycles. The molecule has 0 aliphatic carbocycles. The molecule has 0 aromatic rings. The Hall–Kier alpha value is -1.46. The second-order valence-electron chi connectivity index (χ2n) is 2.14. The predicted octanol–water partition coefficient (Wildman–Crippen LogP) is -1.09. The Morgan fingerprint density at radius 3 is 2.18 bits per heavy atom. The summed E-state index contributed by atoms with van der Waals surface area (Å²) in [7, 11) is 0. The molecular formula is C5H13N5O. The maximum atomic E-state index is 5.20. The Labute approximate surface area is 65.1 Å². The van der Waals surface area contributed by atoms with E-state index in [-0.39, 0.29) is 18.0 Å². The van der Waals surface area contributed by atoms with E-state index in [1.807, 2.05) is 13.8 Å². The third-order valence-corrected chi connectivity index (χ3v) is 0.601. The lowest BCUT2D eigenvalue weighted by atomic mass is 10.5. The Kier molecular flexibility index (Phi) is 3.79. The lowest BCUT2D eigenvalue weighted by Gasteiger charge is -2.00. The second kappa shape index (κ2) is 4.37. The van der Waals surface area contributed by atoms with E-state index in [0.717, 1.165) is 0 Å². The van der Waals surface area contributed by atoms with E-state index in [1.54, 1.807) is 0 Å². The highest BCUT2D eigenvalue weighted by molar-refractivity contribution is 5.92. The van der Waals surface area contributed by atoms with Crippen LogP contribution in [0.3, 0.4) is 0 Å². The summed E-state index contributed by atoms with van der Waals surface area (Å²) < 4.78 is 0. The van der Waals surface area contributed by atoms with Gasteiger partial charge in [0.05, 0.1) is 0 Å². The van der Waals surface area contributed by atoms with Gasteiger partial charge in [-0.05, 0) is 19.0 Å². The molecule has 0 bridgehead atoms. The van der Waals surface area contributed by atoms with Gasteiger partial charge < -0.3 is 22.0 Å². The minimum atomic E-state index is -0.140. The first-order valence-electron chi connectivity index (χ1n) is 3.11. The van der Waals surface area contributed by atoms with Crippen molar-refractivity contribution in [1.29, 1.82) is 0 Å². The number of nitrogens with two attached hydrogens (primary N) is 3. The smallest absolute Gasteiger partial charge is 0.260 e. The van der Waals surface area contributed by atoms with Gasteiger partial charge in [-0.15, -0.1) is 0 Å². The number of oxime groups is 1. The molecule has 0 radical (unpaired) electrons. The van der Waals surface area contributed by atoms with Crippen LogP contribution >= 0.6 is 0 Å². The van der Waals surface area contributed by atoms with E-state index in [9.17, 15) is 0 Å². The quantitative estimate of drug-likeness (QED) is 0.270.